The third-order valence-corrected chi connectivity index (χ3v) is 5.98. The number of hydrogen-bond acceptors (Lipinski definition) is 3. The quantitative estimate of drug-likeness (QED) is 0.457. The van der Waals surface area contributed by atoms with Gasteiger partial charge in [-0.1, -0.05) is 18.9 Å². The van der Waals surface area contributed by atoms with Gasteiger partial charge in [-0.3, -0.25) is 0 Å². The normalized spacial score (nSPS) is 14.9. The fourth-order valence-electron chi connectivity index (χ4n) is 3.96. The molecule has 1 aliphatic carbocycles. The standard InChI is InChI=1S/C22H20FN3S/c23-17-10-8-15(9-11-17)22-21(16-12-13-27-14-16)19-6-3-7-20(26(19)25-22)24-18-4-1-2-5-18/h3,6-14,18,24H,1-2,4-5H2. The highest BCUT2D eigenvalue weighted by Crippen LogP contribution is 2.37. The molecular weight excluding hydrogens is 357 g/mol. The van der Waals surface area contributed by atoms with Crippen LogP contribution in [0.25, 0.3) is 27.9 Å². The van der Waals surface area contributed by atoms with Gasteiger partial charge in [0.15, 0.2) is 0 Å². The van der Waals surface area contributed by atoms with Crippen molar-refractivity contribution in [2.45, 2.75) is 31.7 Å². The lowest BCUT2D eigenvalue weighted by Gasteiger charge is -2.14. The molecule has 1 fully saturated rings. The van der Waals surface area contributed by atoms with E-state index in [-0.39, 0.29) is 5.82 Å². The van der Waals surface area contributed by atoms with Crippen molar-refractivity contribution >= 4 is 22.7 Å². The molecule has 0 bridgehead atoms. The Kier molecular flexibility index (Phi) is 4.17. The second-order valence-electron chi connectivity index (χ2n) is 7.08. The van der Waals surface area contributed by atoms with Gasteiger partial charge in [0.05, 0.1) is 5.52 Å². The number of nitrogens with zero attached hydrogens (tertiary/aromatic N) is 2. The lowest BCUT2D eigenvalue weighted by atomic mass is 10.0. The van der Waals surface area contributed by atoms with E-state index in [1.54, 1.807) is 23.5 Å². The number of rotatable bonds is 4. The third-order valence-electron chi connectivity index (χ3n) is 5.29. The molecule has 5 heteroatoms. The summed E-state index contributed by atoms with van der Waals surface area (Å²) in [5, 5.41) is 12.8. The van der Waals surface area contributed by atoms with Crippen molar-refractivity contribution in [3.63, 3.8) is 0 Å². The number of nitrogens with one attached hydrogen (secondary N) is 1. The van der Waals surface area contributed by atoms with E-state index in [0.29, 0.717) is 6.04 Å². The van der Waals surface area contributed by atoms with Gasteiger partial charge in [0.25, 0.3) is 0 Å². The SMILES string of the molecule is Fc1ccc(-c2nn3c(NC4CCCC4)cccc3c2-c2ccsc2)cc1. The first-order chi connectivity index (χ1) is 13.3. The van der Waals surface area contributed by atoms with E-state index in [2.05, 4.69) is 40.3 Å². The third kappa shape index (κ3) is 3.02. The van der Waals surface area contributed by atoms with Crippen LogP contribution in [0.1, 0.15) is 25.7 Å². The smallest absolute Gasteiger partial charge is 0.128 e. The molecule has 5 rings (SSSR count). The van der Waals surface area contributed by atoms with Gasteiger partial charge in [-0.15, -0.1) is 0 Å². The van der Waals surface area contributed by atoms with Crippen molar-refractivity contribution in [3.05, 3.63) is 65.1 Å². The van der Waals surface area contributed by atoms with Crippen LogP contribution in [0.4, 0.5) is 10.2 Å². The summed E-state index contributed by atoms with van der Waals surface area (Å²) in [6, 6.07) is 15.5. The Hall–Kier alpha value is -2.66. The lowest BCUT2D eigenvalue weighted by molar-refractivity contribution is 0.628. The number of halogens is 1. The van der Waals surface area contributed by atoms with Gasteiger partial charge in [0, 0.05) is 17.2 Å². The van der Waals surface area contributed by atoms with Gasteiger partial charge in [0.1, 0.15) is 17.3 Å². The Morgan fingerprint density at radius 3 is 2.56 bits per heavy atom. The topological polar surface area (TPSA) is 29.3 Å². The van der Waals surface area contributed by atoms with Crippen LogP contribution in [0.2, 0.25) is 0 Å². The molecule has 0 unspecified atom stereocenters. The molecule has 0 aliphatic heterocycles. The van der Waals surface area contributed by atoms with Crippen LogP contribution in [0.5, 0.6) is 0 Å². The Morgan fingerprint density at radius 2 is 1.81 bits per heavy atom. The molecule has 1 N–H and O–H groups in total. The van der Waals surface area contributed by atoms with Crippen LogP contribution in [0.15, 0.2) is 59.3 Å². The summed E-state index contributed by atoms with van der Waals surface area (Å²) >= 11 is 1.67. The summed E-state index contributed by atoms with van der Waals surface area (Å²) in [4.78, 5) is 0. The predicted molar refractivity (Wildman–Crippen MR) is 110 cm³/mol. The van der Waals surface area contributed by atoms with E-state index in [1.807, 2.05) is 4.52 Å². The van der Waals surface area contributed by atoms with Crippen LogP contribution in [-0.2, 0) is 0 Å². The number of pyridine rings is 1. The zero-order chi connectivity index (χ0) is 18.2. The maximum Gasteiger partial charge on any atom is 0.128 e. The van der Waals surface area contributed by atoms with Crippen molar-refractivity contribution in [2.24, 2.45) is 0 Å². The maximum atomic E-state index is 13.4. The average molecular weight is 377 g/mol. The van der Waals surface area contributed by atoms with Crippen molar-refractivity contribution in [2.75, 3.05) is 5.32 Å². The van der Waals surface area contributed by atoms with Crippen LogP contribution in [0.3, 0.4) is 0 Å². The first-order valence-corrected chi connectivity index (χ1v) is 10.3. The highest BCUT2D eigenvalue weighted by molar-refractivity contribution is 7.08. The molecule has 0 amide bonds. The molecular formula is C22H20FN3S. The second kappa shape index (κ2) is 6.82. The number of fused-ring (bicyclic) bond motifs is 1. The number of hydrogen-bond donors (Lipinski definition) is 1. The van der Waals surface area contributed by atoms with E-state index >= 15 is 0 Å². The van der Waals surface area contributed by atoms with Crippen LogP contribution in [0, 0.1) is 5.82 Å². The molecule has 3 aromatic heterocycles. The molecule has 0 spiro atoms. The maximum absolute atomic E-state index is 13.4. The van der Waals surface area contributed by atoms with Gasteiger partial charge >= 0.3 is 0 Å². The number of anilines is 1. The van der Waals surface area contributed by atoms with Crippen molar-refractivity contribution in [3.8, 4) is 22.4 Å². The molecule has 1 saturated carbocycles. The van der Waals surface area contributed by atoms with Crippen molar-refractivity contribution in [1.29, 1.82) is 0 Å². The summed E-state index contributed by atoms with van der Waals surface area (Å²) in [6.07, 6.45) is 4.99. The number of thiophene rings is 1. The van der Waals surface area contributed by atoms with Gasteiger partial charge in [-0.2, -0.15) is 16.4 Å². The van der Waals surface area contributed by atoms with Crippen LogP contribution >= 0.6 is 11.3 Å². The summed E-state index contributed by atoms with van der Waals surface area (Å²) in [5.74, 6) is 0.785. The molecule has 0 radical (unpaired) electrons. The van der Waals surface area contributed by atoms with E-state index in [0.717, 1.165) is 33.7 Å². The van der Waals surface area contributed by atoms with Gasteiger partial charge in [-0.25, -0.2) is 8.91 Å². The number of benzene rings is 1. The van der Waals surface area contributed by atoms with E-state index < -0.39 is 0 Å². The minimum absolute atomic E-state index is 0.233. The molecule has 0 atom stereocenters. The Balaban J connectivity index is 1.70. The van der Waals surface area contributed by atoms with Crippen molar-refractivity contribution < 1.29 is 4.39 Å². The molecule has 4 aromatic rings. The monoisotopic (exact) mass is 377 g/mol. The summed E-state index contributed by atoms with van der Waals surface area (Å²) in [7, 11) is 0. The predicted octanol–water partition coefficient (Wildman–Crippen LogP) is 6.22. The minimum Gasteiger partial charge on any atom is -0.367 e. The van der Waals surface area contributed by atoms with Crippen LogP contribution in [-0.4, -0.2) is 15.7 Å². The van der Waals surface area contributed by atoms with Crippen molar-refractivity contribution in [1.82, 2.24) is 9.61 Å². The highest BCUT2D eigenvalue weighted by Gasteiger charge is 2.20. The largest absolute Gasteiger partial charge is 0.367 e. The Morgan fingerprint density at radius 1 is 1.00 bits per heavy atom. The van der Waals surface area contributed by atoms with Gasteiger partial charge < -0.3 is 5.32 Å². The zero-order valence-electron chi connectivity index (χ0n) is 14.9. The molecule has 1 aromatic carbocycles. The molecule has 136 valence electrons. The fourth-order valence-corrected chi connectivity index (χ4v) is 4.61. The first-order valence-electron chi connectivity index (χ1n) is 9.36. The molecule has 3 nitrogen and oxygen atoms in total. The first kappa shape index (κ1) is 16.5. The summed E-state index contributed by atoms with van der Waals surface area (Å²) < 4.78 is 15.4. The number of aromatic nitrogens is 2. The van der Waals surface area contributed by atoms with E-state index in [9.17, 15) is 4.39 Å². The highest BCUT2D eigenvalue weighted by atomic mass is 32.1. The summed E-state index contributed by atoms with van der Waals surface area (Å²) in [5.41, 5.74) is 5.11. The van der Waals surface area contributed by atoms with Gasteiger partial charge in [-0.05, 0) is 71.6 Å². The average Bonchev–Trinajstić information content (AvgIpc) is 3.43. The lowest BCUT2D eigenvalue weighted by Crippen LogP contribution is -2.16. The van der Waals surface area contributed by atoms with E-state index in [1.165, 1.54) is 37.8 Å². The molecule has 1 aliphatic rings. The zero-order valence-corrected chi connectivity index (χ0v) is 15.7. The Bertz CT molecular complexity index is 1060. The minimum atomic E-state index is -0.233. The molecule has 0 saturated heterocycles. The second-order valence-corrected chi connectivity index (χ2v) is 7.86. The van der Waals surface area contributed by atoms with Gasteiger partial charge in [0.2, 0.25) is 0 Å². The van der Waals surface area contributed by atoms with Crippen LogP contribution < -0.4 is 5.32 Å². The fraction of sp³-hybridized carbons (Fsp3) is 0.227. The summed E-state index contributed by atoms with van der Waals surface area (Å²) in [6.45, 7) is 0. The Labute approximate surface area is 161 Å². The molecule has 27 heavy (non-hydrogen) atoms. The molecule has 3 heterocycles. The van der Waals surface area contributed by atoms with E-state index in [4.69, 9.17) is 5.10 Å².